The van der Waals surface area contributed by atoms with Crippen molar-refractivity contribution in [3.05, 3.63) is 72.9 Å². The summed E-state index contributed by atoms with van der Waals surface area (Å²) in [4.78, 5) is 61.6. The summed E-state index contributed by atoms with van der Waals surface area (Å²) in [6.45, 7) is 6.99. The number of carbonyl (C=O) groups is 3. The van der Waals surface area contributed by atoms with Gasteiger partial charge in [0.25, 0.3) is 5.56 Å². The number of aryl methyl sites for hydroxylation is 2. The minimum atomic E-state index is -3.55. The monoisotopic (exact) mass is 545 g/mol. The first-order valence-electron chi connectivity index (χ1n) is 11.6. The fourth-order valence-corrected chi connectivity index (χ4v) is 4.46. The number of Topliss-reactive ketones (excluding diaryl/α,β-unsaturated/α-hetero) is 2. The number of aromatic nitrogens is 2. The molecule has 0 fully saturated rings. The minimum Gasteiger partial charge on any atom is -0.465 e. The number of ether oxygens (including phenoxy) is 1. The van der Waals surface area contributed by atoms with Crippen LogP contribution in [0.1, 0.15) is 68.9 Å². The first kappa shape index (κ1) is 30.2. The fourth-order valence-electron chi connectivity index (χ4n) is 3.76. The van der Waals surface area contributed by atoms with E-state index in [4.69, 9.17) is 5.73 Å². The number of anilines is 1. The largest absolute Gasteiger partial charge is 0.465 e. The highest BCUT2D eigenvalue weighted by Gasteiger charge is 2.17. The van der Waals surface area contributed by atoms with Crippen LogP contribution in [0.15, 0.2) is 33.9 Å². The number of H-pyrrole nitrogens is 1. The van der Waals surface area contributed by atoms with E-state index in [0.29, 0.717) is 33.4 Å². The van der Waals surface area contributed by atoms with E-state index in [1.165, 1.54) is 19.2 Å². The minimum absolute atomic E-state index is 0.0114. The summed E-state index contributed by atoms with van der Waals surface area (Å²) in [6, 6.07) is 6.08. The van der Waals surface area contributed by atoms with Gasteiger partial charge < -0.3 is 15.5 Å². The van der Waals surface area contributed by atoms with Crippen molar-refractivity contribution in [1.29, 1.82) is 0 Å². The third-order valence-corrected chi connectivity index (χ3v) is 6.46. The lowest BCUT2D eigenvalue weighted by molar-refractivity contribution is 0.0601. The number of hydrogen-bond donors (Lipinski definition) is 2. The Bertz CT molecular complexity index is 1610. The average molecular weight is 546 g/mol. The van der Waals surface area contributed by atoms with E-state index in [1.807, 2.05) is 0 Å². The molecule has 0 atom stereocenters. The van der Waals surface area contributed by atoms with Crippen LogP contribution in [-0.2, 0) is 20.5 Å². The van der Waals surface area contributed by atoms with Crippen LogP contribution in [0.25, 0.3) is 10.9 Å². The molecule has 1 heterocycles. The molecule has 0 spiro atoms. The number of nitrogens with two attached hydrogens (primary N) is 1. The number of nitrogens with one attached hydrogen (secondary N) is 1. The molecule has 204 valence electrons. The van der Waals surface area contributed by atoms with Crippen LogP contribution in [0, 0.1) is 13.8 Å². The second-order valence-corrected chi connectivity index (χ2v) is 10.8. The van der Waals surface area contributed by atoms with Crippen molar-refractivity contribution in [1.82, 2.24) is 9.55 Å². The molecule has 0 saturated heterocycles. The fraction of sp³-hybridized carbons (Fsp3) is 0.346. The normalized spacial score (nSPS) is 11.0. The molecule has 12 heteroatoms. The summed E-state index contributed by atoms with van der Waals surface area (Å²) < 4.78 is 27.9. The maximum absolute atomic E-state index is 12.4. The molecule has 1 aromatic heterocycles. The number of rotatable bonds is 7. The van der Waals surface area contributed by atoms with E-state index in [1.54, 1.807) is 39.8 Å². The van der Waals surface area contributed by atoms with Crippen LogP contribution >= 0.6 is 0 Å². The van der Waals surface area contributed by atoms with Crippen LogP contribution in [0.4, 0.5) is 5.69 Å². The third-order valence-electron chi connectivity index (χ3n) is 5.74. The molecule has 0 aliphatic heterocycles. The highest BCUT2D eigenvalue weighted by molar-refractivity contribution is 7.89. The van der Waals surface area contributed by atoms with Crippen molar-refractivity contribution < 1.29 is 27.5 Å². The lowest BCUT2D eigenvalue weighted by Crippen LogP contribution is -2.37. The molecular formula is C26H31N3O8S. The van der Waals surface area contributed by atoms with Crippen LogP contribution in [-0.4, -0.2) is 48.9 Å². The van der Waals surface area contributed by atoms with Crippen LogP contribution < -0.4 is 17.0 Å². The summed E-state index contributed by atoms with van der Waals surface area (Å²) in [5.41, 5.74) is 7.37. The zero-order valence-electron chi connectivity index (χ0n) is 22.1. The number of methoxy groups -OCH3 is 1. The van der Waals surface area contributed by atoms with Gasteiger partial charge in [-0.25, -0.2) is 22.6 Å². The quantitative estimate of drug-likeness (QED) is 0.257. The van der Waals surface area contributed by atoms with Crippen molar-refractivity contribution in [3.8, 4) is 0 Å². The molecule has 0 bridgehead atoms. The Hall–Kier alpha value is -4.06. The molecule has 38 heavy (non-hydrogen) atoms. The van der Waals surface area contributed by atoms with E-state index in [9.17, 15) is 32.4 Å². The van der Waals surface area contributed by atoms with Crippen LogP contribution in [0.5, 0.6) is 0 Å². The summed E-state index contributed by atoms with van der Waals surface area (Å²) in [6.07, 6.45) is 1.61. The van der Waals surface area contributed by atoms with Crippen molar-refractivity contribution in [2.24, 2.45) is 0 Å². The number of carbonyl (C=O) groups excluding carboxylic acids is 3. The van der Waals surface area contributed by atoms with Crippen LogP contribution in [0.3, 0.4) is 0 Å². The Morgan fingerprint density at radius 3 is 1.95 bits per heavy atom. The molecule has 11 nitrogen and oxygen atoms in total. The van der Waals surface area contributed by atoms with Gasteiger partial charge in [-0.15, -0.1) is 0 Å². The van der Waals surface area contributed by atoms with E-state index in [2.05, 4.69) is 9.72 Å². The predicted octanol–water partition coefficient (Wildman–Crippen LogP) is 2.55. The molecule has 0 unspecified atom stereocenters. The maximum atomic E-state index is 12.4. The number of fused-ring (bicyclic) bond motifs is 1. The SMILES string of the molecule is CCC(=O)c1cc(C(=O)OC)c(N)cc1C.CCC(=O)c1cc2c(=O)n(CS(C)(=O)=O)c(=O)[nH]c2cc1C. The van der Waals surface area contributed by atoms with Gasteiger partial charge in [-0.3, -0.25) is 14.4 Å². The second kappa shape index (κ2) is 12.0. The highest BCUT2D eigenvalue weighted by atomic mass is 32.2. The molecule has 3 N–H and O–H groups in total. The molecule has 0 aliphatic carbocycles. The number of benzene rings is 2. The van der Waals surface area contributed by atoms with Crippen molar-refractivity contribution in [2.75, 3.05) is 19.1 Å². The van der Waals surface area contributed by atoms with Crippen molar-refractivity contribution in [3.63, 3.8) is 0 Å². The topological polar surface area (TPSA) is 175 Å². The molecule has 3 rings (SSSR count). The standard InChI is InChI=1S/C14H16N2O5S.C12H15NO3/c1-4-12(17)9-6-10-11(5-8(9)2)15-14(19)16(13(10)18)7-22(3,20)21;1-4-11(14)8-6-9(12(15)16-3)10(13)5-7(8)2/h5-6H,4,7H2,1-3H3,(H,15,19);5-6H,4,13H2,1-3H3. The molecule has 3 aromatic rings. The highest BCUT2D eigenvalue weighted by Crippen LogP contribution is 2.21. The van der Waals surface area contributed by atoms with E-state index in [0.717, 1.165) is 11.8 Å². The Balaban J connectivity index is 0.000000281. The third kappa shape index (κ3) is 6.82. The van der Waals surface area contributed by atoms with Crippen molar-refractivity contribution >= 4 is 44.0 Å². The Morgan fingerprint density at radius 1 is 0.921 bits per heavy atom. The summed E-state index contributed by atoms with van der Waals surface area (Å²) in [5, 5.41) is 0.116. The number of ketones is 2. The van der Waals surface area contributed by atoms with Crippen molar-refractivity contribution in [2.45, 2.75) is 46.4 Å². The number of hydrogen-bond acceptors (Lipinski definition) is 9. The van der Waals surface area contributed by atoms with Gasteiger partial charge in [0.1, 0.15) is 5.88 Å². The first-order chi connectivity index (χ1) is 17.6. The van der Waals surface area contributed by atoms with Gasteiger partial charge in [0.15, 0.2) is 21.4 Å². The smallest absolute Gasteiger partial charge is 0.339 e. The molecule has 0 amide bonds. The Morgan fingerprint density at radius 2 is 1.45 bits per heavy atom. The molecule has 0 aliphatic rings. The molecule has 0 saturated carbocycles. The van der Waals surface area contributed by atoms with Gasteiger partial charge in [0.2, 0.25) is 0 Å². The van der Waals surface area contributed by atoms with E-state index in [-0.39, 0.29) is 34.5 Å². The first-order valence-corrected chi connectivity index (χ1v) is 13.7. The second-order valence-electron chi connectivity index (χ2n) is 8.73. The molecule has 0 radical (unpaired) electrons. The van der Waals surface area contributed by atoms with Gasteiger partial charge in [-0.05, 0) is 49.2 Å². The lowest BCUT2D eigenvalue weighted by Gasteiger charge is -2.09. The summed E-state index contributed by atoms with van der Waals surface area (Å²) in [5.74, 6) is -1.37. The average Bonchev–Trinajstić information content (AvgIpc) is 2.84. The van der Waals surface area contributed by atoms with E-state index >= 15 is 0 Å². The zero-order valence-corrected chi connectivity index (χ0v) is 22.9. The zero-order chi connectivity index (χ0) is 28.9. The summed E-state index contributed by atoms with van der Waals surface area (Å²) in [7, 11) is -2.27. The van der Waals surface area contributed by atoms with Gasteiger partial charge in [0.05, 0.1) is 23.6 Å². The van der Waals surface area contributed by atoms with E-state index < -0.39 is 32.9 Å². The number of nitrogens with zero attached hydrogens (tertiary/aromatic N) is 1. The molecule has 2 aromatic carbocycles. The Kier molecular flexibility index (Phi) is 9.52. The van der Waals surface area contributed by atoms with Crippen LogP contribution in [0.2, 0.25) is 0 Å². The van der Waals surface area contributed by atoms with Gasteiger partial charge in [0, 0.05) is 35.9 Å². The predicted molar refractivity (Wildman–Crippen MR) is 145 cm³/mol. The van der Waals surface area contributed by atoms with Gasteiger partial charge >= 0.3 is 11.7 Å². The Labute approximate surface area is 219 Å². The summed E-state index contributed by atoms with van der Waals surface area (Å²) >= 11 is 0. The van der Waals surface area contributed by atoms with Gasteiger partial charge in [-0.2, -0.15) is 0 Å². The molecular weight excluding hydrogens is 514 g/mol. The number of nitrogen functional groups attached to an aromatic ring is 1. The number of esters is 1. The number of aromatic amines is 1. The van der Waals surface area contributed by atoms with Gasteiger partial charge in [-0.1, -0.05) is 13.8 Å². The maximum Gasteiger partial charge on any atom is 0.339 e. The lowest BCUT2D eigenvalue weighted by atomic mass is 9.99. The number of sulfone groups is 1.